The van der Waals surface area contributed by atoms with E-state index in [4.69, 9.17) is 0 Å². The third-order valence-electron chi connectivity index (χ3n) is 3.74. The van der Waals surface area contributed by atoms with E-state index in [2.05, 4.69) is 53.1 Å². The summed E-state index contributed by atoms with van der Waals surface area (Å²) in [4.78, 5) is 6.75. The van der Waals surface area contributed by atoms with Gasteiger partial charge in [0.2, 0.25) is 0 Å². The van der Waals surface area contributed by atoms with Crippen LogP contribution in [0, 0.1) is 0 Å². The van der Waals surface area contributed by atoms with Gasteiger partial charge in [-0.1, -0.05) is 18.2 Å². The van der Waals surface area contributed by atoms with Crippen LogP contribution in [0.5, 0.6) is 0 Å². The molecule has 3 rings (SSSR count). The average molecular weight is 242 g/mol. The van der Waals surface area contributed by atoms with Gasteiger partial charge in [0.1, 0.15) is 12.2 Å². The fourth-order valence-corrected chi connectivity index (χ4v) is 2.72. The van der Waals surface area contributed by atoms with Gasteiger partial charge in [-0.15, -0.1) is 0 Å². The highest BCUT2D eigenvalue weighted by atomic mass is 15.3. The molecule has 0 bridgehead atoms. The van der Waals surface area contributed by atoms with Gasteiger partial charge in [0, 0.05) is 18.3 Å². The second-order valence-corrected chi connectivity index (χ2v) is 5.50. The molecule has 0 amide bonds. The zero-order valence-corrected chi connectivity index (χ0v) is 11.1. The molecule has 0 N–H and O–H groups in total. The van der Waals surface area contributed by atoms with Crippen molar-refractivity contribution in [2.45, 2.75) is 32.4 Å². The predicted octanol–water partition coefficient (Wildman–Crippen LogP) is 2.16. The molecule has 0 fully saturated rings. The van der Waals surface area contributed by atoms with Gasteiger partial charge in [-0.25, -0.2) is 4.98 Å². The lowest BCUT2D eigenvalue weighted by atomic mass is 9.99. The summed E-state index contributed by atoms with van der Waals surface area (Å²) in [6.07, 6.45) is 2.70. The van der Waals surface area contributed by atoms with Crippen molar-refractivity contribution in [3.8, 4) is 0 Å². The average Bonchev–Trinajstić information content (AvgIpc) is 2.82. The number of nitrogens with zero attached hydrogens (tertiary/aromatic N) is 4. The van der Waals surface area contributed by atoms with Crippen molar-refractivity contribution in [3.05, 3.63) is 42.0 Å². The number of para-hydroxylation sites is 1. The SMILES string of the molecule is Cn1ncnc1CN1c2ccccc2CC1(C)C. The molecular weight excluding hydrogens is 224 g/mol. The van der Waals surface area contributed by atoms with Crippen LogP contribution in [-0.4, -0.2) is 20.3 Å². The number of anilines is 1. The lowest BCUT2D eigenvalue weighted by Gasteiger charge is -2.33. The topological polar surface area (TPSA) is 34.0 Å². The number of rotatable bonds is 2. The van der Waals surface area contributed by atoms with E-state index >= 15 is 0 Å². The first-order valence-corrected chi connectivity index (χ1v) is 6.26. The van der Waals surface area contributed by atoms with E-state index in [1.807, 2.05) is 11.7 Å². The van der Waals surface area contributed by atoms with Gasteiger partial charge in [0.05, 0.1) is 6.54 Å². The Kier molecular flexibility index (Phi) is 2.40. The van der Waals surface area contributed by atoms with Crippen molar-refractivity contribution in [1.29, 1.82) is 0 Å². The Morgan fingerprint density at radius 1 is 1.28 bits per heavy atom. The van der Waals surface area contributed by atoms with Crippen LogP contribution in [0.1, 0.15) is 25.2 Å². The van der Waals surface area contributed by atoms with Gasteiger partial charge < -0.3 is 4.90 Å². The summed E-state index contributed by atoms with van der Waals surface area (Å²) in [6.45, 7) is 5.37. The predicted molar refractivity (Wildman–Crippen MR) is 71.4 cm³/mol. The Hall–Kier alpha value is -1.84. The fraction of sp³-hybridized carbons (Fsp3) is 0.429. The molecule has 0 atom stereocenters. The highest BCUT2D eigenvalue weighted by Crippen LogP contribution is 2.39. The van der Waals surface area contributed by atoms with Gasteiger partial charge in [-0.05, 0) is 31.9 Å². The van der Waals surface area contributed by atoms with E-state index in [9.17, 15) is 0 Å². The van der Waals surface area contributed by atoms with Crippen molar-refractivity contribution < 1.29 is 0 Å². The van der Waals surface area contributed by atoms with E-state index in [0.29, 0.717) is 0 Å². The molecule has 0 saturated carbocycles. The molecule has 2 heterocycles. The van der Waals surface area contributed by atoms with Crippen LogP contribution >= 0.6 is 0 Å². The molecule has 2 aromatic rings. The van der Waals surface area contributed by atoms with E-state index in [1.54, 1.807) is 6.33 Å². The number of aryl methyl sites for hydroxylation is 1. The molecule has 4 heteroatoms. The van der Waals surface area contributed by atoms with Crippen LogP contribution in [0.2, 0.25) is 0 Å². The summed E-state index contributed by atoms with van der Waals surface area (Å²) >= 11 is 0. The van der Waals surface area contributed by atoms with E-state index in [-0.39, 0.29) is 5.54 Å². The number of fused-ring (bicyclic) bond motifs is 1. The fourth-order valence-electron chi connectivity index (χ4n) is 2.72. The lowest BCUT2D eigenvalue weighted by Crippen LogP contribution is -2.41. The summed E-state index contributed by atoms with van der Waals surface area (Å²) < 4.78 is 1.84. The molecule has 1 aliphatic heterocycles. The molecule has 4 nitrogen and oxygen atoms in total. The van der Waals surface area contributed by atoms with Crippen LogP contribution in [0.3, 0.4) is 0 Å². The molecule has 94 valence electrons. The molecule has 1 aromatic carbocycles. The van der Waals surface area contributed by atoms with Crippen LogP contribution in [0.25, 0.3) is 0 Å². The van der Waals surface area contributed by atoms with Crippen molar-refractivity contribution in [2.24, 2.45) is 7.05 Å². The molecule has 1 aromatic heterocycles. The van der Waals surface area contributed by atoms with E-state index in [0.717, 1.165) is 18.8 Å². The number of hydrogen-bond donors (Lipinski definition) is 0. The van der Waals surface area contributed by atoms with Gasteiger partial charge >= 0.3 is 0 Å². The normalized spacial score (nSPS) is 16.9. The Bertz CT molecular complexity index is 571. The highest BCUT2D eigenvalue weighted by Gasteiger charge is 2.36. The van der Waals surface area contributed by atoms with Gasteiger partial charge in [-0.2, -0.15) is 5.10 Å². The summed E-state index contributed by atoms with van der Waals surface area (Å²) in [5, 5.41) is 4.14. The Labute approximate surface area is 107 Å². The first kappa shape index (κ1) is 11.3. The Balaban J connectivity index is 1.98. The third-order valence-corrected chi connectivity index (χ3v) is 3.74. The summed E-state index contributed by atoms with van der Waals surface area (Å²) in [5.74, 6) is 1.000. The third kappa shape index (κ3) is 1.68. The largest absolute Gasteiger partial charge is 0.358 e. The maximum Gasteiger partial charge on any atom is 0.146 e. The minimum atomic E-state index is 0.135. The van der Waals surface area contributed by atoms with Crippen LogP contribution in [-0.2, 0) is 20.0 Å². The van der Waals surface area contributed by atoms with Crippen molar-refractivity contribution in [2.75, 3.05) is 4.90 Å². The summed E-state index contributed by atoms with van der Waals surface area (Å²) in [6, 6.07) is 8.62. The molecule has 0 aliphatic carbocycles. The monoisotopic (exact) mass is 242 g/mol. The number of benzene rings is 1. The number of aromatic nitrogens is 3. The maximum atomic E-state index is 4.33. The molecule has 0 unspecified atom stereocenters. The minimum Gasteiger partial charge on any atom is -0.358 e. The van der Waals surface area contributed by atoms with Crippen molar-refractivity contribution in [1.82, 2.24) is 14.8 Å². The summed E-state index contributed by atoms with van der Waals surface area (Å²) in [7, 11) is 1.94. The molecule has 0 spiro atoms. The molecule has 18 heavy (non-hydrogen) atoms. The van der Waals surface area contributed by atoms with Crippen molar-refractivity contribution in [3.63, 3.8) is 0 Å². The van der Waals surface area contributed by atoms with E-state index in [1.165, 1.54) is 11.3 Å². The minimum absolute atomic E-state index is 0.135. The Morgan fingerprint density at radius 2 is 2.06 bits per heavy atom. The maximum absolute atomic E-state index is 4.33. The first-order chi connectivity index (χ1) is 8.58. The van der Waals surface area contributed by atoms with Gasteiger partial charge in [-0.3, -0.25) is 4.68 Å². The first-order valence-electron chi connectivity index (χ1n) is 6.26. The van der Waals surface area contributed by atoms with Crippen LogP contribution < -0.4 is 4.90 Å². The quantitative estimate of drug-likeness (QED) is 0.809. The number of hydrogen-bond acceptors (Lipinski definition) is 3. The van der Waals surface area contributed by atoms with Crippen molar-refractivity contribution >= 4 is 5.69 Å². The zero-order chi connectivity index (χ0) is 12.8. The standard InChI is InChI=1S/C14H18N4/c1-14(2)8-11-6-4-5-7-12(11)18(14)9-13-15-10-16-17(13)3/h4-7,10H,8-9H2,1-3H3. The van der Waals surface area contributed by atoms with Crippen LogP contribution in [0.4, 0.5) is 5.69 Å². The van der Waals surface area contributed by atoms with Crippen LogP contribution in [0.15, 0.2) is 30.6 Å². The second-order valence-electron chi connectivity index (χ2n) is 5.50. The lowest BCUT2D eigenvalue weighted by molar-refractivity contribution is 0.473. The Morgan fingerprint density at radius 3 is 2.78 bits per heavy atom. The van der Waals surface area contributed by atoms with Gasteiger partial charge in [0.25, 0.3) is 0 Å². The highest BCUT2D eigenvalue weighted by molar-refractivity contribution is 5.61. The smallest absolute Gasteiger partial charge is 0.146 e. The molecular formula is C14H18N4. The second kappa shape index (κ2) is 3.83. The van der Waals surface area contributed by atoms with E-state index < -0.39 is 0 Å². The molecule has 0 radical (unpaired) electrons. The molecule has 0 saturated heterocycles. The van der Waals surface area contributed by atoms with Gasteiger partial charge in [0.15, 0.2) is 0 Å². The zero-order valence-electron chi connectivity index (χ0n) is 11.1. The molecule has 1 aliphatic rings. The summed E-state index contributed by atoms with van der Waals surface area (Å²) in [5.41, 5.74) is 2.88.